The molecule has 1 amide bonds. The smallest absolute Gasteiger partial charge is 0.472 e. The molecule has 2 aliphatic heterocycles. The number of imidazole rings is 1. The van der Waals surface area contributed by atoms with Crippen LogP contribution in [0.25, 0.3) is 22.1 Å². The number of ether oxygens (including phenoxy) is 4. The van der Waals surface area contributed by atoms with Crippen LogP contribution in [0.5, 0.6) is 5.75 Å². The van der Waals surface area contributed by atoms with E-state index in [9.17, 15) is 23.8 Å². The minimum absolute atomic E-state index is 0.00503. The molecule has 2 aliphatic rings. The summed E-state index contributed by atoms with van der Waals surface area (Å²) in [5, 5.41) is 2.82. The molecule has 0 aliphatic carbocycles. The standard InChI is InChI=1S/C27H30N5O12P/c1-5-19(34)29-26-30-23-20(24(35)31-26)28-12-32(23)25-22-21(43-27(2,3)44-22)18(42-25)11-40-45(36,37)39-10-14-8-16(33)15-7-6-13(38-4)9-17(15)41-14/h6-9,12,18,21-22,25H,5,10-11H2,1-4H3,(H,36,37)(H2,29,30,31,34,35)/t18-,21-,22-,25-/m1/s1. The van der Waals surface area contributed by atoms with Gasteiger partial charge in [0.1, 0.15) is 42.0 Å². The number of hydrogen-bond acceptors (Lipinski definition) is 13. The van der Waals surface area contributed by atoms with Gasteiger partial charge >= 0.3 is 7.82 Å². The predicted molar refractivity (Wildman–Crippen MR) is 154 cm³/mol. The van der Waals surface area contributed by atoms with Crippen LogP contribution in [-0.2, 0) is 39.2 Å². The number of anilines is 1. The number of phosphoric ester groups is 1. The first-order chi connectivity index (χ1) is 21.4. The summed E-state index contributed by atoms with van der Waals surface area (Å²) in [7, 11) is -3.23. The first-order valence-electron chi connectivity index (χ1n) is 13.9. The number of nitrogens with one attached hydrogen (secondary N) is 2. The summed E-state index contributed by atoms with van der Waals surface area (Å²) >= 11 is 0. The van der Waals surface area contributed by atoms with Crippen LogP contribution in [0.2, 0.25) is 0 Å². The highest BCUT2D eigenvalue weighted by Crippen LogP contribution is 2.48. The number of hydrogen-bond donors (Lipinski definition) is 3. The van der Waals surface area contributed by atoms with Gasteiger partial charge in [-0.1, -0.05) is 6.92 Å². The number of H-pyrrole nitrogens is 1. The summed E-state index contributed by atoms with van der Waals surface area (Å²) in [4.78, 5) is 58.4. The van der Waals surface area contributed by atoms with Crippen LogP contribution in [0.1, 0.15) is 39.2 Å². The van der Waals surface area contributed by atoms with Crippen molar-refractivity contribution in [1.82, 2.24) is 19.5 Å². The lowest BCUT2D eigenvalue weighted by Gasteiger charge is -2.25. The maximum Gasteiger partial charge on any atom is 0.472 e. The van der Waals surface area contributed by atoms with Crippen molar-refractivity contribution in [2.75, 3.05) is 19.0 Å². The van der Waals surface area contributed by atoms with Crippen LogP contribution in [0, 0.1) is 0 Å². The Kier molecular flexibility index (Phi) is 8.11. The minimum Gasteiger partial charge on any atom is -0.497 e. The number of aromatic amines is 1. The third-order valence-corrected chi connectivity index (χ3v) is 8.10. The van der Waals surface area contributed by atoms with Gasteiger partial charge in [0, 0.05) is 18.6 Å². The van der Waals surface area contributed by atoms with Crippen molar-refractivity contribution in [3.05, 3.63) is 56.9 Å². The van der Waals surface area contributed by atoms with E-state index >= 15 is 0 Å². The maximum absolute atomic E-state index is 12.8. The van der Waals surface area contributed by atoms with Crippen LogP contribution in [-0.4, -0.2) is 68.1 Å². The number of carbonyl (C=O) groups is 1. The fraction of sp³-hybridized carbons (Fsp3) is 0.444. The van der Waals surface area contributed by atoms with Crippen molar-refractivity contribution in [2.45, 2.75) is 64.1 Å². The van der Waals surface area contributed by atoms with E-state index in [4.69, 9.17) is 32.4 Å². The Morgan fingerprint density at radius 1 is 1.20 bits per heavy atom. The molecule has 3 N–H and O–H groups in total. The van der Waals surface area contributed by atoms with Crippen molar-refractivity contribution in [1.29, 1.82) is 0 Å². The quantitative estimate of drug-likeness (QED) is 0.211. The molecule has 0 bridgehead atoms. The molecular formula is C27H30N5O12P. The summed E-state index contributed by atoms with van der Waals surface area (Å²) in [6, 6.07) is 5.83. The number of fused-ring (bicyclic) bond motifs is 3. The number of phosphoric acid groups is 1. The Labute approximate surface area is 254 Å². The van der Waals surface area contributed by atoms with Gasteiger partial charge < -0.3 is 28.3 Å². The van der Waals surface area contributed by atoms with Gasteiger partial charge in [0.2, 0.25) is 11.9 Å². The second-order valence-corrected chi connectivity index (χ2v) is 12.2. The molecule has 1 unspecified atom stereocenters. The molecule has 1 aromatic carbocycles. The average Bonchev–Trinajstić information content (AvgIpc) is 3.65. The molecule has 240 valence electrons. The lowest BCUT2D eigenvalue weighted by Crippen LogP contribution is -2.32. The van der Waals surface area contributed by atoms with Gasteiger partial charge in [-0.3, -0.25) is 38.3 Å². The van der Waals surface area contributed by atoms with E-state index in [0.717, 1.165) is 6.07 Å². The van der Waals surface area contributed by atoms with E-state index < -0.39 is 56.9 Å². The molecular weight excluding hydrogens is 617 g/mol. The molecule has 2 fully saturated rings. The molecule has 18 heteroatoms. The number of nitrogens with zero attached hydrogens (tertiary/aromatic N) is 3. The Hall–Kier alpha value is -3.96. The summed E-state index contributed by atoms with van der Waals surface area (Å²) in [5.41, 5.74) is -0.630. The van der Waals surface area contributed by atoms with Crippen LogP contribution >= 0.6 is 7.82 Å². The van der Waals surface area contributed by atoms with E-state index in [1.54, 1.807) is 32.9 Å². The average molecular weight is 648 g/mol. The molecule has 3 aromatic heterocycles. The van der Waals surface area contributed by atoms with E-state index in [1.165, 1.54) is 24.1 Å². The first-order valence-corrected chi connectivity index (χ1v) is 15.4. The van der Waals surface area contributed by atoms with Crippen LogP contribution in [0.15, 0.2) is 44.6 Å². The zero-order valence-corrected chi connectivity index (χ0v) is 25.4. The zero-order chi connectivity index (χ0) is 32.1. The van der Waals surface area contributed by atoms with Gasteiger partial charge in [-0.15, -0.1) is 0 Å². The summed E-state index contributed by atoms with van der Waals surface area (Å²) in [6.07, 6.45) is -1.90. The van der Waals surface area contributed by atoms with Crippen molar-refractivity contribution in [3.8, 4) is 5.75 Å². The van der Waals surface area contributed by atoms with Gasteiger partial charge in [-0.05, 0) is 26.0 Å². The summed E-state index contributed by atoms with van der Waals surface area (Å²) < 4.78 is 53.7. The summed E-state index contributed by atoms with van der Waals surface area (Å²) in [5.74, 6) is -1.02. The zero-order valence-electron chi connectivity index (χ0n) is 24.5. The second kappa shape index (κ2) is 11.8. The number of carbonyl (C=O) groups excluding carboxylic acids is 1. The normalized spacial score (nSPS) is 23.7. The Morgan fingerprint density at radius 3 is 2.73 bits per heavy atom. The maximum atomic E-state index is 12.8. The van der Waals surface area contributed by atoms with E-state index in [0.29, 0.717) is 11.1 Å². The van der Waals surface area contributed by atoms with E-state index in [1.807, 2.05) is 0 Å². The molecule has 6 rings (SSSR count). The van der Waals surface area contributed by atoms with Crippen molar-refractivity contribution < 1.29 is 46.7 Å². The molecule has 0 spiro atoms. The predicted octanol–water partition coefficient (Wildman–Crippen LogP) is 2.33. The Bertz CT molecular complexity index is 1940. The molecule has 5 heterocycles. The molecule has 5 atom stereocenters. The number of aromatic nitrogens is 4. The van der Waals surface area contributed by atoms with Gasteiger partial charge in [-0.25, -0.2) is 9.55 Å². The molecule has 17 nitrogen and oxygen atoms in total. The first kappa shape index (κ1) is 31.0. The Morgan fingerprint density at radius 2 is 1.98 bits per heavy atom. The molecule has 45 heavy (non-hydrogen) atoms. The second-order valence-electron chi connectivity index (χ2n) is 10.7. The lowest BCUT2D eigenvalue weighted by molar-refractivity contribution is -0.199. The largest absolute Gasteiger partial charge is 0.497 e. The van der Waals surface area contributed by atoms with E-state index in [2.05, 4.69) is 20.3 Å². The highest BCUT2D eigenvalue weighted by atomic mass is 31.2. The van der Waals surface area contributed by atoms with Crippen LogP contribution in [0.4, 0.5) is 5.95 Å². The third kappa shape index (κ3) is 6.28. The van der Waals surface area contributed by atoms with Crippen LogP contribution < -0.4 is 21.0 Å². The number of rotatable bonds is 10. The van der Waals surface area contributed by atoms with E-state index in [-0.39, 0.29) is 46.2 Å². The summed E-state index contributed by atoms with van der Waals surface area (Å²) in [6.45, 7) is 4.05. The van der Waals surface area contributed by atoms with Gasteiger partial charge in [0.25, 0.3) is 5.56 Å². The molecule has 0 radical (unpaired) electrons. The van der Waals surface area contributed by atoms with Gasteiger partial charge in [0.15, 0.2) is 28.6 Å². The molecule has 2 saturated heterocycles. The highest BCUT2D eigenvalue weighted by Gasteiger charge is 2.56. The van der Waals surface area contributed by atoms with Crippen molar-refractivity contribution in [2.24, 2.45) is 0 Å². The monoisotopic (exact) mass is 647 g/mol. The van der Waals surface area contributed by atoms with Crippen molar-refractivity contribution >= 4 is 41.8 Å². The number of amides is 1. The fourth-order valence-corrected chi connectivity index (χ4v) is 5.84. The highest BCUT2D eigenvalue weighted by molar-refractivity contribution is 7.47. The van der Waals surface area contributed by atoms with Crippen LogP contribution in [0.3, 0.4) is 0 Å². The third-order valence-electron chi connectivity index (χ3n) is 7.17. The molecule has 0 saturated carbocycles. The lowest BCUT2D eigenvalue weighted by atomic mass is 10.1. The number of methoxy groups -OCH3 is 1. The Balaban J connectivity index is 1.18. The number of benzene rings is 1. The van der Waals surface area contributed by atoms with Gasteiger partial charge in [-0.2, -0.15) is 4.98 Å². The van der Waals surface area contributed by atoms with Crippen molar-refractivity contribution in [3.63, 3.8) is 0 Å². The SMILES string of the molecule is CCC(=O)Nc1nc2c(ncn2[C@@H]2O[C@H](COP(=O)(O)OCc3cc(=O)c4ccc(OC)cc4o3)[C@H]3OC(C)(C)O[C@H]32)c(=O)[nH]1. The minimum atomic E-state index is -4.70. The van der Waals surface area contributed by atoms with Gasteiger partial charge in [0.05, 0.1) is 25.4 Å². The molecule has 4 aromatic rings. The topological polar surface area (TPSA) is 216 Å². The fourth-order valence-electron chi connectivity index (χ4n) is 5.14.